The van der Waals surface area contributed by atoms with Gasteiger partial charge in [0.15, 0.2) is 15.6 Å². The summed E-state index contributed by atoms with van der Waals surface area (Å²) in [5.74, 6) is 0.136. The Balaban J connectivity index is 1.63. The molecule has 0 saturated heterocycles. The molecule has 1 N–H and O–H groups in total. The molecule has 0 bridgehead atoms. The molecule has 4 rings (SSSR count). The standard InChI is InChI=1S/C23H23NO5S2/c1-14-5-10-17-19(12-14)30-23(20(17)21(25)18-4-3-11-29-18)24-22(26)16-8-6-15(7-9-16)13-31(2,27)28/h3-4,6-9,11,14H,5,10,12-13H2,1-2H3,(H,24,26). The second-order valence-electron chi connectivity index (χ2n) is 8.08. The van der Waals surface area contributed by atoms with Crippen molar-refractivity contribution in [2.45, 2.75) is 31.9 Å². The zero-order valence-electron chi connectivity index (χ0n) is 17.3. The second-order valence-corrected chi connectivity index (χ2v) is 11.3. The Morgan fingerprint density at radius 3 is 2.58 bits per heavy atom. The first-order valence-electron chi connectivity index (χ1n) is 10.0. The molecule has 1 aliphatic carbocycles. The van der Waals surface area contributed by atoms with Crippen molar-refractivity contribution < 1.29 is 22.4 Å². The van der Waals surface area contributed by atoms with Crippen LogP contribution in [-0.4, -0.2) is 26.4 Å². The van der Waals surface area contributed by atoms with E-state index in [0.29, 0.717) is 27.6 Å². The smallest absolute Gasteiger partial charge is 0.256 e. The van der Waals surface area contributed by atoms with Crippen molar-refractivity contribution in [2.75, 3.05) is 11.6 Å². The van der Waals surface area contributed by atoms with Crippen LogP contribution in [0, 0.1) is 5.92 Å². The SMILES string of the molecule is CC1CCc2c(sc(NC(=O)c3ccc(CS(C)(=O)=O)cc3)c2C(=O)c2ccco2)C1. The molecule has 0 spiro atoms. The second kappa shape index (κ2) is 8.43. The van der Waals surface area contributed by atoms with Crippen LogP contribution in [0.4, 0.5) is 5.00 Å². The van der Waals surface area contributed by atoms with Crippen LogP contribution in [0.2, 0.25) is 0 Å². The molecule has 1 aliphatic rings. The van der Waals surface area contributed by atoms with Gasteiger partial charge in [-0.15, -0.1) is 11.3 Å². The summed E-state index contributed by atoms with van der Waals surface area (Å²) >= 11 is 1.45. The van der Waals surface area contributed by atoms with Crippen LogP contribution in [0.25, 0.3) is 0 Å². The maximum Gasteiger partial charge on any atom is 0.256 e. The number of carbonyl (C=O) groups excluding carboxylic acids is 2. The summed E-state index contributed by atoms with van der Waals surface area (Å²) in [6.07, 6.45) is 5.31. The van der Waals surface area contributed by atoms with Gasteiger partial charge in [0.2, 0.25) is 5.78 Å². The summed E-state index contributed by atoms with van der Waals surface area (Å²) in [7, 11) is -3.15. The van der Waals surface area contributed by atoms with Gasteiger partial charge in [0.1, 0.15) is 5.00 Å². The highest BCUT2D eigenvalue weighted by atomic mass is 32.2. The van der Waals surface area contributed by atoms with Crippen LogP contribution in [0.5, 0.6) is 0 Å². The van der Waals surface area contributed by atoms with Gasteiger partial charge in [-0.1, -0.05) is 19.1 Å². The molecule has 31 heavy (non-hydrogen) atoms. The van der Waals surface area contributed by atoms with E-state index in [-0.39, 0.29) is 23.2 Å². The Kier molecular flexibility index (Phi) is 5.85. The molecular formula is C23H23NO5S2. The van der Waals surface area contributed by atoms with Crippen LogP contribution < -0.4 is 5.32 Å². The number of amides is 1. The summed E-state index contributed by atoms with van der Waals surface area (Å²) in [4.78, 5) is 27.2. The molecule has 0 radical (unpaired) electrons. The Hall–Kier alpha value is -2.71. The van der Waals surface area contributed by atoms with Crippen LogP contribution >= 0.6 is 11.3 Å². The molecular weight excluding hydrogens is 434 g/mol. The quantitative estimate of drug-likeness (QED) is 0.550. The molecule has 0 saturated carbocycles. The highest BCUT2D eigenvalue weighted by Gasteiger charge is 2.30. The minimum absolute atomic E-state index is 0.0769. The van der Waals surface area contributed by atoms with Crippen molar-refractivity contribution >= 4 is 37.9 Å². The van der Waals surface area contributed by atoms with Crippen molar-refractivity contribution in [3.05, 3.63) is 75.6 Å². The van der Waals surface area contributed by atoms with Gasteiger partial charge in [0, 0.05) is 16.7 Å². The molecule has 0 fully saturated rings. The predicted molar refractivity (Wildman–Crippen MR) is 121 cm³/mol. The maximum absolute atomic E-state index is 13.1. The first-order chi connectivity index (χ1) is 14.7. The fourth-order valence-electron chi connectivity index (χ4n) is 3.84. The molecule has 1 aromatic carbocycles. The van der Waals surface area contributed by atoms with E-state index < -0.39 is 9.84 Å². The van der Waals surface area contributed by atoms with Gasteiger partial charge in [-0.05, 0) is 60.6 Å². The van der Waals surface area contributed by atoms with E-state index in [1.807, 2.05) is 0 Å². The van der Waals surface area contributed by atoms with Crippen molar-refractivity contribution in [3.63, 3.8) is 0 Å². The van der Waals surface area contributed by atoms with E-state index in [1.165, 1.54) is 23.9 Å². The molecule has 2 heterocycles. The van der Waals surface area contributed by atoms with E-state index in [0.717, 1.165) is 29.7 Å². The Labute approximate surface area is 185 Å². The van der Waals surface area contributed by atoms with E-state index >= 15 is 0 Å². The number of benzene rings is 1. The molecule has 162 valence electrons. The number of fused-ring (bicyclic) bond motifs is 1. The highest BCUT2D eigenvalue weighted by molar-refractivity contribution is 7.89. The number of sulfone groups is 1. The summed E-state index contributed by atoms with van der Waals surface area (Å²) in [5, 5.41) is 3.44. The number of hydrogen-bond donors (Lipinski definition) is 1. The van der Waals surface area contributed by atoms with Gasteiger partial charge in [-0.2, -0.15) is 0 Å². The van der Waals surface area contributed by atoms with Gasteiger partial charge >= 0.3 is 0 Å². The summed E-state index contributed by atoms with van der Waals surface area (Å²) in [5.41, 5.74) is 2.54. The number of rotatable bonds is 6. The molecule has 1 amide bonds. The lowest BCUT2D eigenvalue weighted by molar-refractivity contribution is 0.101. The summed E-state index contributed by atoms with van der Waals surface area (Å²) in [6.45, 7) is 2.19. The number of ketones is 1. The number of carbonyl (C=O) groups is 2. The van der Waals surface area contributed by atoms with Crippen LogP contribution in [0.15, 0.2) is 47.1 Å². The number of hydrogen-bond acceptors (Lipinski definition) is 6. The zero-order chi connectivity index (χ0) is 22.2. The van der Waals surface area contributed by atoms with Crippen molar-refractivity contribution in [1.82, 2.24) is 0 Å². The van der Waals surface area contributed by atoms with Crippen molar-refractivity contribution in [3.8, 4) is 0 Å². The summed E-state index contributed by atoms with van der Waals surface area (Å²) < 4.78 is 28.2. The lowest BCUT2D eigenvalue weighted by Gasteiger charge is -2.18. The average Bonchev–Trinajstić information content (AvgIpc) is 3.34. The maximum atomic E-state index is 13.1. The molecule has 1 atom stereocenters. The zero-order valence-corrected chi connectivity index (χ0v) is 18.9. The molecule has 1 unspecified atom stereocenters. The molecule has 6 nitrogen and oxygen atoms in total. The number of thiophene rings is 1. The van der Waals surface area contributed by atoms with Crippen LogP contribution in [0.1, 0.15) is 55.8 Å². The topological polar surface area (TPSA) is 93.5 Å². The number of nitrogens with one attached hydrogen (secondary N) is 1. The largest absolute Gasteiger partial charge is 0.461 e. The third-order valence-electron chi connectivity index (χ3n) is 5.36. The Bertz CT molecular complexity index is 1220. The summed E-state index contributed by atoms with van der Waals surface area (Å²) in [6, 6.07) is 9.76. The van der Waals surface area contributed by atoms with E-state index in [4.69, 9.17) is 4.42 Å². The first-order valence-corrected chi connectivity index (χ1v) is 12.9. The fraction of sp³-hybridized carbons (Fsp3) is 0.304. The minimum Gasteiger partial charge on any atom is -0.461 e. The molecule has 3 aromatic rings. The van der Waals surface area contributed by atoms with E-state index in [1.54, 1.807) is 36.4 Å². The Morgan fingerprint density at radius 2 is 1.94 bits per heavy atom. The molecule has 0 aliphatic heterocycles. The monoisotopic (exact) mass is 457 g/mol. The third-order valence-corrected chi connectivity index (χ3v) is 7.38. The van der Waals surface area contributed by atoms with Gasteiger partial charge < -0.3 is 9.73 Å². The van der Waals surface area contributed by atoms with Crippen LogP contribution in [-0.2, 0) is 28.4 Å². The van der Waals surface area contributed by atoms with E-state index in [9.17, 15) is 18.0 Å². The lowest BCUT2D eigenvalue weighted by atomic mass is 9.87. The van der Waals surface area contributed by atoms with Crippen molar-refractivity contribution in [2.24, 2.45) is 5.92 Å². The normalized spacial score (nSPS) is 16.0. The lowest BCUT2D eigenvalue weighted by Crippen LogP contribution is -2.15. The minimum atomic E-state index is -3.15. The van der Waals surface area contributed by atoms with E-state index in [2.05, 4.69) is 12.2 Å². The number of furan rings is 1. The number of anilines is 1. The first kappa shape index (κ1) is 21.5. The molecule has 8 heteroatoms. The van der Waals surface area contributed by atoms with Gasteiger partial charge in [0.05, 0.1) is 17.6 Å². The molecule has 2 aromatic heterocycles. The Morgan fingerprint density at radius 1 is 1.19 bits per heavy atom. The fourth-order valence-corrected chi connectivity index (χ4v) is 6.04. The average molecular weight is 458 g/mol. The van der Waals surface area contributed by atoms with Gasteiger partial charge in [-0.3, -0.25) is 9.59 Å². The van der Waals surface area contributed by atoms with Gasteiger partial charge in [-0.25, -0.2) is 8.42 Å². The van der Waals surface area contributed by atoms with Gasteiger partial charge in [0.25, 0.3) is 5.91 Å². The highest BCUT2D eigenvalue weighted by Crippen LogP contribution is 2.41. The van der Waals surface area contributed by atoms with Crippen molar-refractivity contribution in [1.29, 1.82) is 0 Å². The van der Waals surface area contributed by atoms with Crippen LogP contribution in [0.3, 0.4) is 0 Å². The predicted octanol–water partition coefficient (Wildman–Crippen LogP) is 4.49. The third kappa shape index (κ3) is 4.80.